The first kappa shape index (κ1) is 11.7. The van der Waals surface area contributed by atoms with Gasteiger partial charge in [-0.1, -0.05) is 18.1 Å². The Kier molecular flexibility index (Phi) is 3.34. The quantitative estimate of drug-likeness (QED) is 0.524. The fraction of sp³-hybridized carbons (Fsp3) is 0.692. The lowest BCUT2D eigenvalue weighted by Crippen LogP contribution is -2.33. The van der Waals surface area contributed by atoms with E-state index in [2.05, 4.69) is 12.5 Å². The molecule has 1 heterocycles. The molecular formula is C13H18O3. The monoisotopic (exact) mass is 222 g/mol. The molecule has 2 rings (SSSR count). The molecule has 0 bridgehead atoms. The summed E-state index contributed by atoms with van der Waals surface area (Å²) in [7, 11) is 0. The van der Waals surface area contributed by atoms with Crippen LogP contribution in [0, 0.1) is 18.3 Å². The molecule has 0 aromatic rings. The number of ether oxygens (including phenoxy) is 3. The Hall–Kier alpha value is -0.820. The van der Waals surface area contributed by atoms with Crippen molar-refractivity contribution in [2.24, 2.45) is 5.92 Å². The third-order valence-electron chi connectivity index (χ3n) is 3.15. The summed E-state index contributed by atoms with van der Waals surface area (Å²) in [6, 6.07) is 0. The van der Waals surface area contributed by atoms with Gasteiger partial charge >= 0.3 is 0 Å². The molecule has 1 saturated carbocycles. The first-order chi connectivity index (χ1) is 7.64. The van der Waals surface area contributed by atoms with Gasteiger partial charge in [0.25, 0.3) is 0 Å². The van der Waals surface area contributed by atoms with E-state index < -0.39 is 5.79 Å². The van der Waals surface area contributed by atoms with E-state index in [4.69, 9.17) is 20.6 Å². The van der Waals surface area contributed by atoms with Gasteiger partial charge in [0.05, 0.1) is 19.3 Å². The van der Waals surface area contributed by atoms with E-state index in [0.29, 0.717) is 25.7 Å². The second-order valence-corrected chi connectivity index (χ2v) is 4.56. The number of hydrogen-bond donors (Lipinski definition) is 0. The molecule has 0 N–H and O–H groups in total. The SMILES string of the molecule is C#CCO[C@H](CC1(C)OCCO1)[C@H]1CC1=C. The van der Waals surface area contributed by atoms with Crippen molar-refractivity contribution >= 4 is 0 Å². The normalized spacial score (nSPS) is 28.8. The predicted octanol–water partition coefficient (Wildman–Crippen LogP) is 1.73. The van der Waals surface area contributed by atoms with Crippen molar-refractivity contribution in [2.75, 3.05) is 19.8 Å². The second-order valence-electron chi connectivity index (χ2n) is 4.56. The molecule has 3 nitrogen and oxygen atoms in total. The van der Waals surface area contributed by atoms with Crippen molar-refractivity contribution in [1.29, 1.82) is 0 Å². The molecule has 2 aliphatic rings. The zero-order valence-corrected chi connectivity index (χ0v) is 9.70. The highest BCUT2D eigenvalue weighted by atomic mass is 16.7. The van der Waals surface area contributed by atoms with Crippen LogP contribution in [0.25, 0.3) is 0 Å². The van der Waals surface area contributed by atoms with E-state index >= 15 is 0 Å². The van der Waals surface area contributed by atoms with E-state index in [0.717, 1.165) is 12.8 Å². The molecule has 0 aromatic carbocycles. The number of hydrogen-bond acceptors (Lipinski definition) is 3. The van der Waals surface area contributed by atoms with Gasteiger partial charge in [-0.3, -0.25) is 0 Å². The van der Waals surface area contributed by atoms with Gasteiger partial charge < -0.3 is 14.2 Å². The molecule has 0 aromatic heterocycles. The van der Waals surface area contributed by atoms with Crippen LogP contribution < -0.4 is 0 Å². The van der Waals surface area contributed by atoms with Crippen LogP contribution in [0.4, 0.5) is 0 Å². The van der Waals surface area contributed by atoms with Gasteiger partial charge in [-0.2, -0.15) is 0 Å². The van der Waals surface area contributed by atoms with Gasteiger partial charge in [-0.15, -0.1) is 6.42 Å². The maximum absolute atomic E-state index is 5.66. The van der Waals surface area contributed by atoms with Crippen molar-refractivity contribution in [1.82, 2.24) is 0 Å². The minimum atomic E-state index is -0.512. The van der Waals surface area contributed by atoms with E-state index in [1.165, 1.54) is 5.57 Å². The van der Waals surface area contributed by atoms with Crippen LogP contribution in [0.3, 0.4) is 0 Å². The average molecular weight is 222 g/mol. The summed E-state index contributed by atoms with van der Waals surface area (Å²) in [5.41, 5.74) is 1.24. The maximum atomic E-state index is 5.66. The van der Waals surface area contributed by atoms with E-state index in [-0.39, 0.29) is 6.10 Å². The zero-order valence-electron chi connectivity index (χ0n) is 9.70. The standard InChI is InChI=1S/C13H18O3/c1-4-5-14-12(11-8-10(11)2)9-13(3)15-6-7-16-13/h1,11-12H,2,5-9H2,3H3/t11-,12+/m0/s1. The minimum Gasteiger partial charge on any atom is -0.365 e. The van der Waals surface area contributed by atoms with Gasteiger partial charge in [0, 0.05) is 12.3 Å². The molecule has 0 unspecified atom stereocenters. The highest BCUT2D eigenvalue weighted by molar-refractivity contribution is 5.21. The Balaban J connectivity index is 1.91. The van der Waals surface area contributed by atoms with Gasteiger partial charge in [-0.25, -0.2) is 0 Å². The Morgan fingerprint density at radius 2 is 2.25 bits per heavy atom. The van der Waals surface area contributed by atoms with Crippen LogP contribution in [0.5, 0.6) is 0 Å². The molecule has 0 spiro atoms. The average Bonchev–Trinajstić information content (AvgIpc) is 2.82. The molecular weight excluding hydrogens is 204 g/mol. The molecule has 0 amide bonds. The van der Waals surface area contributed by atoms with Gasteiger partial charge in [0.2, 0.25) is 0 Å². The molecule has 1 aliphatic carbocycles. The number of terminal acetylenes is 1. The van der Waals surface area contributed by atoms with Crippen LogP contribution in [0.2, 0.25) is 0 Å². The lowest BCUT2D eigenvalue weighted by Gasteiger charge is -2.27. The second kappa shape index (κ2) is 4.58. The predicted molar refractivity (Wildman–Crippen MR) is 60.7 cm³/mol. The van der Waals surface area contributed by atoms with Crippen LogP contribution in [0.1, 0.15) is 19.8 Å². The zero-order chi connectivity index (χ0) is 11.6. The molecule has 2 fully saturated rings. The van der Waals surface area contributed by atoms with E-state index in [1.54, 1.807) is 0 Å². The first-order valence-electron chi connectivity index (χ1n) is 5.65. The fourth-order valence-corrected chi connectivity index (χ4v) is 2.13. The fourth-order valence-electron chi connectivity index (χ4n) is 2.13. The lowest BCUT2D eigenvalue weighted by atomic mass is 10.1. The molecule has 16 heavy (non-hydrogen) atoms. The summed E-state index contributed by atoms with van der Waals surface area (Å²) in [6.07, 6.45) is 7.04. The summed E-state index contributed by atoms with van der Waals surface area (Å²) >= 11 is 0. The van der Waals surface area contributed by atoms with Crippen LogP contribution in [-0.2, 0) is 14.2 Å². The smallest absolute Gasteiger partial charge is 0.168 e. The molecule has 3 heteroatoms. The summed E-state index contributed by atoms with van der Waals surface area (Å²) in [5, 5.41) is 0. The van der Waals surface area contributed by atoms with Crippen molar-refractivity contribution in [3.05, 3.63) is 12.2 Å². The number of rotatable bonds is 5. The van der Waals surface area contributed by atoms with Crippen molar-refractivity contribution in [2.45, 2.75) is 31.7 Å². The maximum Gasteiger partial charge on any atom is 0.168 e. The largest absolute Gasteiger partial charge is 0.365 e. The Labute approximate surface area is 96.8 Å². The Morgan fingerprint density at radius 1 is 1.62 bits per heavy atom. The van der Waals surface area contributed by atoms with E-state index in [1.807, 2.05) is 6.92 Å². The van der Waals surface area contributed by atoms with Crippen LogP contribution >= 0.6 is 0 Å². The van der Waals surface area contributed by atoms with Gasteiger partial charge in [-0.05, 0) is 13.3 Å². The highest BCUT2D eigenvalue weighted by Gasteiger charge is 2.42. The van der Waals surface area contributed by atoms with E-state index in [9.17, 15) is 0 Å². The van der Waals surface area contributed by atoms with Crippen molar-refractivity contribution < 1.29 is 14.2 Å². The summed E-state index contributed by atoms with van der Waals surface area (Å²) in [4.78, 5) is 0. The molecule has 0 radical (unpaired) electrons. The van der Waals surface area contributed by atoms with Crippen LogP contribution in [0.15, 0.2) is 12.2 Å². The highest BCUT2D eigenvalue weighted by Crippen LogP contribution is 2.43. The third kappa shape index (κ3) is 2.65. The Bertz CT molecular complexity index is 310. The minimum absolute atomic E-state index is 0.0756. The van der Waals surface area contributed by atoms with Crippen molar-refractivity contribution in [3.8, 4) is 12.3 Å². The first-order valence-corrected chi connectivity index (χ1v) is 5.65. The third-order valence-corrected chi connectivity index (χ3v) is 3.15. The molecule has 1 aliphatic heterocycles. The summed E-state index contributed by atoms with van der Waals surface area (Å²) in [5.74, 6) is 2.42. The lowest BCUT2D eigenvalue weighted by molar-refractivity contribution is -0.168. The Morgan fingerprint density at radius 3 is 2.75 bits per heavy atom. The van der Waals surface area contributed by atoms with Crippen molar-refractivity contribution in [3.63, 3.8) is 0 Å². The summed E-state index contributed by atoms with van der Waals surface area (Å²) < 4.78 is 16.8. The van der Waals surface area contributed by atoms with Gasteiger partial charge in [0.1, 0.15) is 6.61 Å². The van der Waals surface area contributed by atoms with Crippen LogP contribution in [-0.4, -0.2) is 31.7 Å². The van der Waals surface area contributed by atoms with Gasteiger partial charge in [0.15, 0.2) is 5.79 Å². The topological polar surface area (TPSA) is 27.7 Å². The molecule has 88 valence electrons. The molecule has 1 saturated heterocycles. The molecule has 2 atom stereocenters. The summed E-state index contributed by atoms with van der Waals surface area (Å²) in [6.45, 7) is 7.57.